The van der Waals surface area contributed by atoms with E-state index in [1.165, 1.54) is 0 Å². The number of thioether (sulfide) groups is 1. The average molecular weight is 343 g/mol. The van der Waals surface area contributed by atoms with Crippen molar-refractivity contribution in [2.45, 2.75) is 32.0 Å². The van der Waals surface area contributed by atoms with E-state index in [1.54, 1.807) is 25.1 Å². The van der Waals surface area contributed by atoms with Crippen molar-refractivity contribution in [3.63, 3.8) is 0 Å². The molecule has 0 aliphatic heterocycles. The van der Waals surface area contributed by atoms with Gasteiger partial charge in [-0.3, -0.25) is 4.40 Å². The van der Waals surface area contributed by atoms with E-state index in [1.807, 2.05) is 48.7 Å². The molecule has 0 amide bonds. The zero-order valence-electron chi connectivity index (χ0n) is 14.3. The quantitative estimate of drug-likeness (QED) is 0.493. The molecular formula is C18H21N3O2S. The van der Waals surface area contributed by atoms with E-state index in [9.17, 15) is 0 Å². The fourth-order valence-electron chi connectivity index (χ4n) is 2.46. The Balaban J connectivity index is 2.09. The first-order chi connectivity index (χ1) is 11.6. The normalized spacial score (nSPS) is 11.2. The molecule has 0 saturated heterocycles. The molecule has 126 valence electrons. The Morgan fingerprint density at radius 1 is 1.21 bits per heavy atom. The van der Waals surface area contributed by atoms with Crippen LogP contribution in [0.3, 0.4) is 0 Å². The van der Waals surface area contributed by atoms with Crippen LogP contribution in [0.15, 0.2) is 41.8 Å². The third-order valence-corrected chi connectivity index (χ3v) is 4.29. The van der Waals surface area contributed by atoms with E-state index in [0.717, 1.165) is 39.3 Å². The number of rotatable bonds is 6. The van der Waals surface area contributed by atoms with Crippen LogP contribution in [0.1, 0.15) is 20.8 Å². The largest absolute Gasteiger partial charge is 0.493 e. The van der Waals surface area contributed by atoms with E-state index >= 15 is 0 Å². The van der Waals surface area contributed by atoms with Gasteiger partial charge in [-0.1, -0.05) is 18.7 Å². The van der Waals surface area contributed by atoms with Gasteiger partial charge in [-0.2, -0.15) is 0 Å². The Labute approximate surface area is 146 Å². The van der Waals surface area contributed by atoms with Crippen LogP contribution < -0.4 is 9.47 Å². The highest BCUT2D eigenvalue weighted by Crippen LogP contribution is 2.33. The summed E-state index contributed by atoms with van der Waals surface area (Å²) in [5.41, 5.74) is 2.74. The van der Waals surface area contributed by atoms with Crippen LogP contribution in [0, 0.1) is 0 Å². The molecule has 0 radical (unpaired) electrons. The molecule has 1 aromatic carbocycles. The summed E-state index contributed by atoms with van der Waals surface area (Å²) in [7, 11) is 1.65. The van der Waals surface area contributed by atoms with Crippen LogP contribution in [0.4, 0.5) is 0 Å². The number of fused-ring (bicyclic) bond motifs is 1. The molecule has 0 spiro atoms. The predicted octanol–water partition coefficient (Wildman–Crippen LogP) is 4.30. The number of hydrogen-bond acceptors (Lipinski definition) is 5. The van der Waals surface area contributed by atoms with Crippen LogP contribution in [0.25, 0.3) is 16.9 Å². The highest BCUT2D eigenvalue weighted by atomic mass is 32.2. The average Bonchev–Trinajstić information content (AvgIpc) is 3.03. The molecule has 5 nitrogen and oxygen atoms in total. The van der Waals surface area contributed by atoms with Crippen molar-refractivity contribution in [3.05, 3.63) is 36.7 Å². The van der Waals surface area contributed by atoms with Crippen LogP contribution >= 0.6 is 11.8 Å². The number of benzene rings is 1. The third-order valence-electron chi connectivity index (χ3n) is 3.45. The molecule has 6 heteroatoms. The van der Waals surface area contributed by atoms with Crippen molar-refractivity contribution in [3.8, 4) is 22.8 Å². The van der Waals surface area contributed by atoms with Crippen LogP contribution in [-0.2, 0) is 0 Å². The van der Waals surface area contributed by atoms with Gasteiger partial charge in [-0.25, -0.2) is 9.97 Å². The summed E-state index contributed by atoms with van der Waals surface area (Å²) in [6.45, 7) is 6.11. The predicted molar refractivity (Wildman–Crippen MR) is 97.1 cm³/mol. The van der Waals surface area contributed by atoms with Crippen molar-refractivity contribution in [2.75, 3.05) is 12.9 Å². The second-order valence-electron chi connectivity index (χ2n) is 5.54. The minimum Gasteiger partial charge on any atom is -0.493 e. The second kappa shape index (κ2) is 7.13. The molecule has 0 atom stereocenters. The summed E-state index contributed by atoms with van der Waals surface area (Å²) in [4.78, 5) is 9.20. The fourth-order valence-corrected chi connectivity index (χ4v) is 3.17. The third kappa shape index (κ3) is 3.33. The lowest BCUT2D eigenvalue weighted by Gasteiger charge is -2.15. The Bertz CT molecular complexity index is 845. The lowest BCUT2D eigenvalue weighted by Crippen LogP contribution is -2.07. The molecule has 0 saturated carbocycles. The molecular weight excluding hydrogens is 322 g/mol. The minimum atomic E-state index is 0.0723. The van der Waals surface area contributed by atoms with E-state index in [2.05, 4.69) is 11.9 Å². The van der Waals surface area contributed by atoms with Crippen LogP contribution in [0.2, 0.25) is 0 Å². The Morgan fingerprint density at radius 2 is 2.04 bits per heavy atom. The zero-order valence-corrected chi connectivity index (χ0v) is 15.1. The summed E-state index contributed by atoms with van der Waals surface area (Å²) in [6.07, 6.45) is 3.80. The van der Waals surface area contributed by atoms with Gasteiger partial charge in [0.25, 0.3) is 0 Å². The van der Waals surface area contributed by atoms with Gasteiger partial charge in [-0.15, -0.1) is 0 Å². The van der Waals surface area contributed by atoms with Crippen LogP contribution in [-0.4, -0.2) is 33.3 Å². The molecule has 0 bridgehead atoms. The van der Waals surface area contributed by atoms with Gasteiger partial charge in [-0.05, 0) is 37.8 Å². The summed E-state index contributed by atoms with van der Waals surface area (Å²) in [6, 6.07) is 7.87. The second-order valence-corrected chi connectivity index (χ2v) is 6.78. The Hall–Kier alpha value is -2.21. The number of imidazole rings is 1. The van der Waals surface area contributed by atoms with Gasteiger partial charge >= 0.3 is 0 Å². The number of aromatic nitrogens is 3. The van der Waals surface area contributed by atoms with Crippen molar-refractivity contribution in [1.82, 2.24) is 14.4 Å². The minimum absolute atomic E-state index is 0.0723. The standard InChI is InChI=1S/C18H21N3O2S/c1-5-24-18-20-14(11-17-19-8-9-21(17)18)13-6-7-15(22-4)16(10-13)23-12(2)3/h6-12H,5H2,1-4H3. The first-order valence-electron chi connectivity index (χ1n) is 7.94. The molecule has 0 aliphatic rings. The van der Waals surface area contributed by atoms with E-state index in [0.29, 0.717) is 0 Å². The number of methoxy groups -OCH3 is 1. The molecule has 0 unspecified atom stereocenters. The van der Waals surface area contributed by atoms with Gasteiger partial charge in [0.05, 0.1) is 18.9 Å². The molecule has 3 rings (SSSR count). The monoisotopic (exact) mass is 343 g/mol. The highest BCUT2D eigenvalue weighted by molar-refractivity contribution is 7.99. The SMILES string of the molecule is CCSc1nc(-c2ccc(OC)c(OC(C)C)c2)cc2nccn12. The first kappa shape index (κ1) is 16.6. The molecule has 0 fully saturated rings. The van der Waals surface area contributed by atoms with Gasteiger partial charge in [0.2, 0.25) is 0 Å². The highest BCUT2D eigenvalue weighted by Gasteiger charge is 2.12. The Kier molecular flexibility index (Phi) is 4.94. The number of nitrogens with zero attached hydrogens (tertiary/aromatic N) is 3. The van der Waals surface area contributed by atoms with Gasteiger partial charge in [0.15, 0.2) is 16.7 Å². The summed E-state index contributed by atoms with van der Waals surface area (Å²) in [5, 5.41) is 0.935. The summed E-state index contributed by atoms with van der Waals surface area (Å²) >= 11 is 1.70. The van der Waals surface area contributed by atoms with Gasteiger partial charge in [0, 0.05) is 24.0 Å². The smallest absolute Gasteiger partial charge is 0.174 e. The van der Waals surface area contributed by atoms with Crippen molar-refractivity contribution in [1.29, 1.82) is 0 Å². The molecule has 2 heterocycles. The lowest BCUT2D eigenvalue weighted by atomic mass is 10.1. The number of ether oxygens (including phenoxy) is 2. The summed E-state index contributed by atoms with van der Waals surface area (Å²) in [5.74, 6) is 2.39. The van der Waals surface area contributed by atoms with Gasteiger partial charge < -0.3 is 9.47 Å². The van der Waals surface area contributed by atoms with Crippen LogP contribution in [0.5, 0.6) is 11.5 Å². The fraction of sp³-hybridized carbons (Fsp3) is 0.333. The maximum Gasteiger partial charge on any atom is 0.174 e. The van der Waals surface area contributed by atoms with E-state index < -0.39 is 0 Å². The molecule has 0 N–H and O–H groups in total. The van der Waals surface area contributed by atoms with Crippen molar-refractivity contribution in [2.24, 2.45) is 0 Å². The molecule has 2 aromatic heterocycles. The molecule has 24 heavy (non-hydrogen) atoms. The summed E-state index contributed by atoms with van der Waals surface area (Å²) < 4.78 is 13.3. The van der Waals surface area contributed by atoms with Crippen molar-refractivity contribution >= 4 is 17.4 Å². The first-order valence-corrected chi connectivity index (χ1v) is 8.93. The zero-order chi connectivity index (χ0) is 17.1. The van der Waals surface area contributed by atoms with E-state index in [4.69, 9.17) is 14.5 Å². The van der Waals surface area contributed by atoms with E-state index in [-0.39, 0.29) is 6.10 Å². The molecule has 0 aliphatic carbocycles. The molecule has 3 aromatic rings. The maximum atomic E-state index is 5.87. The topological polar surface area (TPSA) is 48.7 Å². The Morgan fingerprint density at radius 3 is 2.75 bits per heavy atom. The number of hydrogen-bond donors (Lipinski definition) is 0. The maximum absolute atomic E-state index is 5.87. The lowest BCUT2D eigenvalue weighted by molar-refractivity contribution is 0.230. The van der Waals surface area contributed by atoms with Gasteiger partial charge in [0.1, 0.15) is 5.65 Å². The van der Waals surface area contributed by atoms with Crippen molar-refractivity contribution < 1.29 is 9.47 Å².